The monoisotopic (exact) mass is 254 g/mol. The summed E-state index contributed by atoms with van der Waals surface area (Å²) in [4.78, 5) is 2.23. The standard InChI is InChI=1S/C14H23ClN2/c1-11(2)8-13(16)10-17(3)9-12-6-4-5-7-14(12)15/h4-7,11,13H,8-10,16H2,1-3H3. The van der Waals surface area contributed by atoms with E-state index in [9.17, 15) is 0 Å². The van der Waals surface area contributed by atoms with Crippen molar-refractivity contribution in [3.8, 4) is 0 Å². The number of benzene rings is 1. The molecular formula is C14H23ClN2. The van der Waals surface area contributed by atoms with Crippen LogP contribution in [0.4, 0.5) is 0 Å². The fraction of sp³-hybridized carbons (Fsp3) is 0.571. The van der Waals surface area contributed by atoms with Gasteiger partial charge in [0.25, 0.3) is 0 Å². The number of hydrogen-bond donors (Lipinski definition) is 1. The summed E-state index contributed by atoms with van der Waals surface area (Å²) in [6, 6.07) is 8.20. The maximum Gasteiger partial charge on any atom is 0.0451 e. The van der Waals surface area contributed by atoms with Crippen molar-refractivity contribution < 1.29 is 0 Å². The van der Waals surface area contributed by atoms with Gasteiger partial charge in [0.05, 0.1) is 0 Å². The van der Waals surface area contributed by atoms with Crippen molar-refractivity contribution in [3.05, 3.63) is 34.9 Å². The number of nitrogens with zero attached hydrogens (tertiary/aromatic N) is 1. The minimum atomic E-state index is 0.238. The SMILES string of the molecule is CC(C)CC(N)CN(C)Cc1ccccc1Cl. The maximum absolute atomic E-state index is 6.13. The molecule has 0 saturated heterocycles. The van der Waals surface area contributed by atoms with Crippen LogP contribution in [-0.2, 0) is 6.54 Å². The molecule has 1 rings (SSSR count). The van der Waals surface area contributed by atoms with Gasteiger partial charge in [0.15, 0.2) is 0 Å². The number of likely N-dealkylation sites (N-methyl/N-ethyl adjacent to an activating group) is 1. The number of nitrogens with two attached hydrogens (primary N) is 1. The second-order valence-corrected chi connectivity index (χ2v) is 5.58. The summed E-state index contributed by atoms with van der Waals surface area (Å²) < 4.78 is 0. The van der Waals surface area contributed by atoms with Crippen LogP contribution < -0.4 is 5.73 Å². The zero-order valence-corrected chi connectivity index (χ0v) is 11.7. The molecule has 0 aliphatic rings. The highest BCUT2D eigenvalue weighted by Gasteiger charge is 2.10. The first-order valence-corrected chi connectivity index (χ1v) is 6.54. The minimum Gasteiger partial charge on any atom is -0.327 e. The van der Waals surface area contributed by atoms with Crippen molar-refractivity contribution in [2.24, 2.45) is 11.7 Å². The Balaban J connectivity index is 2.44. The quantitative estimate of drug-likeness (QED) is 0.845. The molecule has 0 radical (unpaired) electrons. The molecule has 1 unspecified atom stereocenters. The lowest BCUT2D eigenvalue weighted by Crippen LogP contribution is -2.35. The Morgan fingerprint density at radius 3 is 2.53 bits per heavy atom. The molecule has 1 aromatic carbocycles. The van der Waals surface area contributed by atoms with Crippen LogP contribution in [0.25, 0.3) is 0 Å². The van der Waals surface area contributed by atoms with Crippen LogP contribution in [0.15, 0.2) is 24.3 Å². The lowest BCUT2D eigenvalue weighted by atomic mass is 10.0. The molecule has 0 heterocycles. The van der Waals surface area contributed by atoms with Crippen LogP contribution in [0, 0.1) is 5.92 Å². The molecule has 2 N–H and O–H groups in total. The first-order valence-electron chi connectivity index (χ1n) is 6.16. The van der Waals surface area contributed by atoms with Crippen LogP contribution in [0.3, 0.4) is 0 Å². The van der Waals surface area contributed by atoms with Gasteiger partial charge in [-0.25, -0.2) is 0 Å². The molecule has 0 aromatic heterocycles. The fourth-order valence-electron chi connectivity index (χ4n) is 2.06. The van der Waals surface area contributed by atoms with Gasteiger partial charge < -0.3 is 10.6 Å². The van der Waals surface area contributed by atoms with Crippen molar-refractivity contribution in [1.29, 1.82) is 0 Å². The van der Waals surface area contributed by atoms with Gasteiger partial charge in [-0.15, -0.1) is 0 Å². The van der Waals surface area contributed by atoms with Crippen molar-refractivity contribution >= 4 is 11.6 Å². The lowest BCUT2D eigenvalue weighted by Gasteiger charge is -2.22. The summed E-state index contributed by atoms with van der Waals surface area (Å²) >= 11 is 6.13. The summed E-state index contributed by atoms with van der Waals surface area (Å²) in [6.45, 7) is 6.16. The Morgan fingerprint density at radius 1 is 1.29 bits per heavy atom. The van der Waals surface area contributed by atoms with Gasteiger partial charge in [-0.2, -0.15) is 0 Å². The Kier molecular flexibility index (Phi) is 5.96. The number of hydrogen-bond acceptors (Lipinski definition) is 2. The van der Waals surface area contributed by atoms with Gasteiger partial charge in [0.1, 0.15) is 0 Å². The van der Waals surface area contributed by atoms with Gasteiger partial charge >= 0.3 is 0 Å². The minimum absolute atomic E-state index is 0.238. The Hall–Kier alpha value is -0.570. The molecular weight excluding hydrogens is 232 g/mol. The average Bonchev–Trinajstić information content (AvgIpc) is 2.19. The van der Waals surface area contributed by atoms with Crippen LogP contribution in [0.2, 0.25) is 5.02 Å². The molecule has 0 bridgehead atoms. The summed E-state index contributed by atoms with van der Waals surface area (Å²) in [5.41, 5.74) is 7.25. The molecule has 1 aromatic rings. The second kappa shape index (κ2) is 7.00. The largest absolute Gasteiger partial charge is 0.327 e. The highest BCUT2D eigenvalue weighted by molar-refractivity contribution is 6.31. The molecule has 0 amide bonds. The molecule has 0 fully saturated rings. The zero-order valence-electron chi connectivity index (χ0n) is 11.0. The zero-order chi connectivity index (χ0) is 12.8. The first-order chi connectivity index (χ1) is 7.99. The Morgan fingerprint density at radius 2 is 1.94 bits per heavy atom. The number of rotatable bonds is 6. The topological polar surface area (TPSA) is 29.3 Å². The molecule has 3 heteroatoms. The highest BCUT2D eigenvalue weighted by Crippen LogP contribution is 2.16. The van der Waals surface area contributed by atoms with Gasteiger partial charge in [-0.3, -0.25) is 0 Å². The third-order valence-corrected chi connectivity index (χ3v) is 3.09. The van der Waals surface area contributed by atoms with Crippen molar-refractivity contribution in [2.45, 2.75) is 32.9 Å². The molecule has 96 valence electrons. The summed E-state index contributed by atoms with van der Waals surface area (Å²) in [6.07, 6.45) is 1.06. The van der Waals surface area contributed by atoms with E-state index in [1.165, 1.54) is 0 Å². The normalized spacial score (nSPS) is 13.4. The van der Waals surface area contributed by atoms with E-state index < -0.39 is 0 Å². The Labute approximate surface area is 110 Å². The van der Waals surface area contributed by atoms with Gasteiger partial charge in [0, 0.05) is 24.2 Å². The summed E-state index contributed by atoms with van der Waals surface area (Å²) in [5, 5.41) is 0.830. The van der Waals surface area contributed by atoms with E-state index in [-0.39, 0.29) is 6.04 Å². The molecule has 0 spiro atoms. The predicted octanol–water partition coefficient (Wildman–Crippen LogP) is 3.15. The van der Waals surface area contributed by atoms with Crippen LogP contribution in [0.1, 0.15) is 25.8 Å². The molecule has 2 nitrogen and oxygen atoms in total. The average molecular weight is 255 g/mol. The smallest absolute Gasteiger partial charge is 0.0451 e. The van der Waals surface area contributed by atoms with E-state index in [1.54, 1.807) is 0 Å². The predicted molar refractivity (Wildman–Crippen MR) is 75.2 cm³/mol. The van der Waals surface area contributed by atoms with E-state index in [2.05, 4.69) is 31.9 Å². The van der Waals surface area contributed by atoms with Crippen molar-refractivity contribution in [1.82, 2.24) is 4.90 Å². The van der Waals surface area contributed by atoms with Crippen LogP contribution >= 0.6 is 11.6 Å². The van der Waals surface area contributed by atoms with Crippen LogP contribution in [-0.4, -0.2) is 24.5 Å². The second-order valence-electron chi connectivity index (χ2n) is 5.18. The number of halogens is 1. The third-order valence-electron chi connectivity index (χ3n) is 2.72. The molecule has 0 aliphatic carbocycles. The van der Waals surface area contributed by atoms with E-state index in [4.69, 9.17) is 17.3 Å². The summed E-state index contributed by atoms with van der Waals surface area (Å²) in [5.74, 6) is 0.652. The van der Waals surface area contributed by atoms with E-state index in [0.717, 1.165) is 30.1 Å². The van der Waals surface area contributed by atoms with E-state index in [0.29, 0.717) is 5.92 Å². The van der Waals surface area contributed by atoms with Gasteiger partial charge in [0.2, 0.25) is 0 Å². The maximum atomic E-state index is 6.13. The third kappa shape index (κ3) is 5.53. The molecule has 17 heavy (non-hydrogen) atoms. The lowest BCUT2D eigenvalue weighted by molar-refractivity contribution is 0.287. The molecule has 0 saturated carbocycles. The van der Waals surface area contributed by atoms with E-state index in [1.807, 2.05) is 18.2 Å². The summed E-state index contributed by atoms with van der Waals surface area (Å²) in [7, 11) is 2.09. The van der Waals surface area contributed by atoms with Crippen molar-refractivity contribution in [3.63, 3.8) is 0 Å². The van der Waals surface area contributed by atoms with Crippen molar-refractivity contribution in [2.75, 3.05) is 13.6 Å². The van der Waals surface area contributed by atoms with Crippen LogP contribution in [0.5, 0.6) is 0 Å². The highest BCUT2D eigenvalue weighted by atomic mass is 35.5. The Bertz CT molecular complexity index is 339. The van der Waals surface area contributed by atoms with Gasteiger partial charge in [-0.05, 0) is 31.0 Å². The first kappa shape index (κ1) is 14.5. The fourth-order valence-corrected chi connectivity index (χ4v) is 2.26. The van der Waals surface area contributed by atoms with Gasteiger partial charge in [-0.1, -0.05) is 43.6 Å². The van der Waals surface area contributed by atoms with E-state index >= 15 is 0 Å². The molecule has 1 atom stereocenters. The molecule has 0 aliphatic heterocycles.